The molecule has 0 radical (unpaired) electrons. The predicted octanol–water partition coefficient (Wildman–Crippen LogP) is 4.89. The molecule has 2 aromatic heterocycles. The molecule has 23 heavy (non-hydrogen) atoms. The van der Waals surface area contributed by atoms with Crippen LogP contribution in [0, 0.1) is 13.8 Å². The third-order valence-electron chi connectivity index (χ3n) is 4.35. The summed E-state index contributed by atoms with van der Waals surface area (Å²) in [4.78, 5) is 9.21. The summed E-state index contributed by atoms with van der Waals surface area (Å²) in [5.41, 5.74) is 8.06. The summed E-state index contributed by atoms with van der Waals surface area (Å²) in [5.74, 6) is 0. The molecule has 2 aromatic carbocycles. The molecule has 4 aromatic rings. The van der Waals surface area contributed by atoms with Gasteiger partial charge in [0, 0.05) is 17.5 Å². The highest BCUT2D eigenvalue weighted by atomic mass is 15.0. The van der Waals surface area contributed by atoms with Crippen LogP contribution in [0.2, 0.25) is 0 Å². The Labute approximate surface area is 135 Å². The Hall–Kier alpha value is -2.68. The van der Waals surface area contributed by atoms with E-state index in [9.17, 15) is 0 Å². The first kappa shape index (κ1) is 13.9. The average Bonchev–Trinajstić information content (AvgIpc) is 2.87. The number of benzene rings is 2. The summed E-state index contributed by atoms with van der Waals surface area (Å²) in [6.07, 6.45) is 1.68. The molecular formula is C20H19N3. The lowest BCUT2D eigenvalue weighted by atomic mass is 10.0. The molecule has 0 spiro atoms. The summed E-state index contributed by atoms with van der Waals surface area (Å²) in [7, 11) is 0. The molecule has 0 aliphatic heterocycles. The molecule has 0 aliphatic rings. The lowest BCUT2D eigenvalue weighted by Crippen LogP contribution is -1.97. The Morgan fingerprint density at radius 3 is 2.43 bits per heavy atom. The molecule has 0 unspecified atom stereocenters. The summed E-state index contributed by atoms with van der Waals surface area (Å²) in [5, 5.41) is 1.19. The largest absolute Gasteiger partial charge is 0.338 e. The highest BCUT2D eigenvalue weighted by Crippen LogP contribution is 2.33. The van der Waals surface area contributed by atoms with Gasteiger partial charge in [-0.25, -0.2) is 9.97 Å². The molecule has 0 fully saturated rings. The van der Waals surface area contributed by atoms with Gasteiger partial charge in [0.1, 0.15) is 11.8 Å². The van der Waals surface area contributed by atoms with Crippen molar-refractivity contribution in [2.24, 2.45) is 0 Å². The molecule has 0 atom stereocenters. The van der Waals surface area contributed by atoms with Crippen molar-refractivity contribution in [3.8, 4) is 11.3 Å². The topological polar surface area (TPSA) is 30.7 Å². The lowest BCUT2D eigenvalue weighted by molar-refractivity contribution is 0.825. The van der Waals surface area contributed by atoms with Gasteiger partial charge in [-0.15, -0.1) is 0 Å². The fourth-order valence-electron chi connectivity index (χ4n) is 3.51. The van der Waals surface area contributed by atoms with E-state index in [1.165, 1.54) is 22.0 Å². The van der Waals surface area contributed by atoms with Crippen LogP contribution >= 0.6 is 0 Å². The van der Waals surface area contributed by atoms with Crippen LogP contribution in [-0.2, 0) is 6.54 Å². The van der Waals surface area contributed by atoms with E-state index in [1.54, 1.807) is 6.33 Å². The minimum absolute atomic E-state index is 0.898. The van der Waals surface area contributed by atoms with Crippen LogP contribution in [0.15, 0.2) is 48.8 Å². The summed E-state index contributed by atoms with van der Waals surface area (Å²) < 4.78 is 2.32. The number of para-hydroxylation sites is 1. The highest BCUT2D eigenvalue weighted by Gasteiger charge is 2.16. The number of aromatic nitrogens is 3. The van der Waals surface area contributed by atoms with E-state index in [4.69, 9.17) is 0 Å². The summed E-state index contributed by atoms with van der Waals surface area (Å²) in [6, 6.07) is 15.0. The van der Waals surface area contributed by atoms with Gasteiger partial charge in [-0.2, -0.15) is 0 Å². The molecule has 0 amide bonds. The molecule has 2 heterocycles. The highest BCUT2D eigenvalue weighted by molar-refractivity contribution is 6.09. The van der Waals surface area contributed by atoms with E-state index < -0.39 is 0 Å². The van der Waals surface area contributed by atoms with E-state index in [0.717, 1.165) is 28.8 Å². The van der Waals surface area contributed by atoms with Crippen molar-refractivity contribution < 1.29 is 0 Å². The Morgan fingerprint density at radius 1 is 0.957 bits per heavy atom. The number of nitrogens with zero attached hydrogens (tertiary/aromatic N) is 3. The van der Waals surface area contributed by atoms with Gasteiger partial charge in [0.2, 0.25) is 0 Å². The van der Waals surface area contributed by atoms with Crippen LogP contribution in [0.4, 0.5) is 0 Å². The monoisotopic (exact) mass is 301 g/mol. The number of rotatable bonds is 2. The van der Waals surface area contributed by atoms with Gasteiger partial charge in [-0.1, -0.05) is 35.4 Å². The zero-order valence-electron chi connectivity index (χ0n) is 13.7. The van der Waals surface area contributed by atoms with Gasteiger partial charge >= 0.3 is 0 Å². The first-order valence-corrected chi connectivity index (χ1v) is 7.99. The van der Waals surface area contributed by atoms with Crippen molar-refractivity contribution in [1.29, 1.82) is 0 Å². The molecule has 3 heteroatoms. The average molecular weight is 301 g/mol. The van der Waals surface area contributed by atoms with Crippen LogP contribution in [-0.4, -0.2) is 14.5 Å². The molecule has 0 N–H and O–H groups in total. The molecule has 114 valence electrons. The van der Waals surface area contributed by atoms with Crippen molar-refractivity contribution in [1.82, 2.24) is 14.5 Å². The molecular weight excluding hydrogens is 282 g/mol. The second-order valence-electron chi connectivity index (χ2n) is 6.06. The van der Waals surface area contributed by atoms with Crippen LogP contribution < -0.4 is 0 Å². The third kappa shape index (κ3) is 2.12. The third-order valence-corrected chi connectivity index (χ3v) is 4.35. The second kappa shape index (κ2) is 5.20. The van der Waals surface area contributed by atoms with Crippen molar-refractivity contribution in [3.63, 3.8) is 0 Å². The maximum atomic E-state index is 4.63. The zero-order chi connectivity index (χ0) is 16.0. The SMILES string of the molecule is CCn1c2ccccc2c2ncnc(-c3cc(C)cc(C)c3)c21. The predicted molar refractivity (Wildman–Crippen MR) is 95.6 cm³/mol. The van der Waals surface area contributed by atoms with E-state index in [1.807, 2.05) is 0 Å². The van der Waals surface area contributed by atoms with Crippen molar-refractivity contribution in [2.45, 2.75) is 27.3 Å². The van der Waals surface area contributed by atoms with E-state index in [2.05, 4.69) is 77.8 Å². The van der Waals surface area contributed by atoms with Gasteiger partial charge in [0.15, 0.2) is 0 Å². The van der Waals surface area contributed by atoms with Crippen LogP contribution in [0.1, 0.15) is 18.1 Å². The summed E-state index contributed by atoms with van der Waals surface area (Å²) in [6.45, 7) is 7.33. The molecule has 0 saturated carbocycles. The van der Waals surface area contributed by atoms with Gasteiger partial charge < -0.3 is 4.57 Å². The Kier molecular flexibility index (Phi) is 3.15. The minimum atomic E-state index is 0.898. The van der Waals surface area contributed by atoms with Crippen molar-refractivity contribution in [2.75, 3.05) is 0 Å². The molecule has 0 bridgehead atoms. The Morgan fingerprint density at radius 2 is 1.70 bits per heavy atom. The maximum absolute atomic E-state index is 4.63. The number of fused-ring (bicyclic) bond motifs is 3. The molecule has 0 aliphatic carbocycles. The van der Waals surface area contributed by atoms with Crippen LogP contribution in [0.25, 0.3) is 33.2 Å². The second-order valence-corrected chi connectivity index (χ2v) is 6.06. The maximum Gasteiger partial charge on any atom is 0.116 e. The number of hydrogen-bond donors (Lipinski definition) is 0. The van der Waals surface area contributed by atoms with Crippen molar-refractivity contribution in [3.05, 3.63) is 59.9 Å². The molecule has 3 nitrogen and oxygen atoms in total. The quantitative estimate of drug-likeness (QED) is 0.528. The molecule has 0 saturated heterocycles. The smallest absolute Gasteiger partial charge is 0.116 e. The summed E-state index contributed by atoms with van der Waals surface area (Å²) >= 11 is 0. The number of aryl methyl sites for hydroxylation is 3. The fraction of sp³-hybridized carbons (Fsp3) is 0.200. The Bertz CT molecular complexity index is 1010. The van der Waals surface area contributed by atoms with Crippen LogP contribution in [0.3, 0.4) is 0 Å². The first-order valence-electron chi connectivity index (χ1n) is 7.99. The molecule has 4 rings (SSSR count). The van der Waals surface area contributed by atoms with E-state index in [0.29, 0.717) is 0 Å². The standard InChI is InChI=1S/C20H19N3/c1-4-23-17-8-6-5-7-16(17)19-20(23)18(21-12-22-19)15-10-13(2)9-14(3)11-15/h5-12H,4H2,1-3H3. The van der Waals surface area contributed by atoms with Gasteiger partial charge in [0.05, 0.1) is 16.7 Å². The Balaban J connectivity index is 2.16. The van der Waals surface area contributed by atoms with Gasteiger partial charge in [0.25, 0.3) is 0 Å². The lowest BCUT2D eigenvalue weighted by Gasteiger charge is -2.09. The van der Waals surface area contributed by atoms with Crippen molar-refractivity contribution >= 4 is 21.9 Å². The normalized spacial score (nSPS) is 11.4. The fourth-order valence-corrected chi connectivity index (χ4v) is 3.51. The van der Waals surface area contributed by atoms with E-state index in [-0.39, 0.29) is 0 Å². The van der Waals surface area contributed by atoms with Gasteiger partial charge in [-0.3, -0.25) is 0 Å². The minimum Gasteiger partial charge on any atom is -0.338 e. The first-order chi connectivity index (χ1) is 11.2. The van der Waals surface area contributed by atoms with Gasteiger partial charge in [-0.05, 0) is 39.0 Å². The van der Waals surface area contributed by atoms with Crippen LogP contribution in [0.5, 0.6) is 0 Å². The zero-order valence-corrected chi connectivity index (χ0v) is 13.7. The number of hydrogen-bond acceptors (Lipinski definition) is 2. The van der Waals surface area contributed by atoms with E-state index >= 15 is 0 Å².